The van der Waals surface area contributed by atoms with E-state index in [9.17, 15) is 14.7 Å². The summed E-state index contributed by atoms with van der Waals surface area (Å²) in [6, 6.07) is 6.93. The fourth-order valence-electron chi connectivity index (χ4n) is 3.76. The molecule has 0 saturated carbocycles. The Bertz CT molecular complexity index is 856. The van der Waals surface area contributed by atoms with Crippen molar-refractivity contribution in [2.24, 2.45) is 13.0 Å². The summed E-state index contributed by atoms with van der Waals surface area (Å²) in [6.07, 6.45) is 0.920. The Morgan fingerprint density at radius 2 is 1.92 bits per heavy atom. The standard InChI is InChI=1S/C20H25N3O3/c1-12(9-17-13(2)21-22(4)14(17)3)19(24)23-11-16-8-6-5-7-15(16)10-18(23)20(25)26/h5-8,12,18H,9-11H2,1-4H3,(H,25,26). The van der Waals surface area contributed by atoms with Crippen molar-refractivity contribution >= 4 is 11.9 Å². The Morgan fingerprint density at radius 1 is 1.27 bits per heavy atom. The van der Waals surface area contributed by atoms with Gasteiger partial charge in [0, 0.05) is 31.6 Å². The van der Waals surface area contributed by atoms with Gasteiger partial charge in [0.1, 0.15) is 6.04 Å². The number of carboxylic acid groups (broad SMARTS) is 1. The predicted octanol–water partition coefficient (Wildman–Crippen LogP) is 2.25. The molecule has 0 spiro atoms. The van der Waals surface area contributed by atoms with Gasteiger partial charge in [-0.25, -0.2) is 4.79 Å². The largest absolute Gasteiger partial charge is 0.480 e. The van der Waals surface area contributed by atoms with Gasteiger partial charge in [0.15, 0.2) is 0 Å². The third-order valence-corrected chi connectivity index (χ3v) is 5.41. The monoisotopic (exact) mass is 355 g/mol. The zero-order chi connectivity index (χ0) is 19.0. The van der Waals surface area contributed by atoms with E-state index in [0.717, 1.165) is 28.1 Å². The van der Waals surface area contributed by atoms with Crippen molar-refractivity contribution in [3.63, 3.8) is 0 Å². The van der Waals surface area contributed by atoms with Gasteiger partial charge in [-0.3, -0.25) is 9.48 Å². The van der Waals surface area contributed by atoms with E-state index in [-0.39, 0.29) is 11.8 Å². The molecule has 26 heavy (non-hydrogen) atoms. The molecular formula is C20H25N3O3. The van der Waals surface area contributed by atoms with Gasteiger partial charge in [-0.05, 0) is 37.0 Å². The first-order valence-electron chi connectivity index (χ1n) is 8.88. The Kier molecular flexibility index (Phi) is 4.85. The number of aryl methyl sites for hydroxylation is 2. The van der Waals surface area contributed by atoms with Crippen LogP contribution in [0.3, 0.4) is 0 Å². The Hall–Kier alpha value is -2.63. The normalized spacial score (nSPS) is 17.7. The number of aliphatic carboxylic acids is 1. The molecule has 2 unspecified atom stereocenters. The molecule has 1 aromatic carbocycles. The topological polar surface area (TPSA) is 75.4 Å². The maximum absolute atomic E-state index is 13.1. The summed E-state index contributed by atoms with van der Waals surface area (Å²) in [5.41, 5.74) is 5.07. The number of benzene rings is 1. The van der Waals surface area contributed by atoms with Crippen molar-refractivity contribution in [1.29, 1.82) is 0 Å². The lowest BCUT2D eigenvalue weighted by atomic mass is 9.91. The van der Waals surface area contributed by atoms with E-state index in [1.165, 1.54) is 4.90 Å². The fraction of sp³-hybridized carbons (Fsp3) is 0.450. The smallest absolute Gasteiger partial charge is 0.326 e. The van der Waals surface area contributed by atoms with Crippen molar-refractivity contribution in [3.8, 4) is 0 Å². The second-order valence-electron chi connectivity index (χ2n) is 7.17. The number of fused-ring (bicyclic) bond motifs is 1. The predicted molar refractivity (Wildman–Crippen MR) is 97.7 cm³/mol. The fourth-order valence-corrected chi connectivity index (χ4v) is 3.76. The number of aromatic nitrogens is 2. The molecule has 1 aromatic heterocycles. The van der Waals surface area contributed by atoms with E-state index in [1.54, 1.807) is 0 Å². The minimum atomic E-state index is -0.950. The number of carbonyl (C=O) groups excluding carboxylic acids is 1. The SMILES string of the molecule is Cc1nn(C)c(C)c1CC(C)C(=O)N1Cc2ccccc2CC1C(=O)O. The van der Waals surface area contributed by atoms with Gasteiger partial charge in [-0.15, -0.1) is 0 Å². The van der Waals surface area contributed by atoms with Gasteiger partial charge in [0.2, 0.25) is 5.91 Å². The molecule has 6 nitrogen and oxygen atoms in total. The highest BCUT2D eigenvalue weighted by Crippen LogP contribution is 2.26. The first kappa shape index (κ1) is 18.2. The molecule has 0 radical (unpaired) electrons. The summed E-state index contributed by atoms with van der Waals surface area (Å²) in [4.78, 5) is 26.4. The van der Waals surface area contributed by atoms with Crippen LogP contribution in [0, 0.1) is 19.8 Å². The van der Waals surface area contributed by atoms with Crippen molar-refractivity contribution in [3.05, 3.63) is 52.3 Å². The molecule has 0 aliphatic carbocycles. The van der Waals surface area contributed by atoms with Crippen LogP contribution in [0.25, 0.3) is 0 Å². The van der Waals surface area contributed by atoms with Crippen LogP contribution < -0.4 is 0 Å². The van der Waals surface area contributed by atoms with Gasteiger partial charge < -0.3 is 10.0 Å². The van der Waals surface area contributed by atoms with Crippen molar-refractivity contribution < 1.29 is 14.7 Å². The molecule has 2 heterocycles. The molecule has 0 saturated heterocycles. The summed E-state index contributed by atoms with van der Waals surface area (Å²) >= 11 is 0. The Morgan fingerprint density at radius 3 is 2.50 bits per heavy atom. The second kappa shape index (κ2) is 6.94. The molecule has 3 rings (SSSR count). The summed E-state index contributed by atoms with van der Waals surface area (Å²) in [7, 11) is 1.89. The third kappa shape index (κ3) is 3.23. The van der Waals surface area contributed by atoms with Crippen LogP contribution in [0.15, 0.2) is 24.3 Å². The van der Waals surface area contributed by atoms with E-state index in [0.29, 0.717) is 19.4 Å². The van der Waals surface area contributed by atoms with Crippen LogP contribution in [0.4, 0.5) is 0 Å². The number of hydrogen-bond acceptors (Lipinski definition) is 3. The summed E-state index contributed by atoms with van der Waals surface area (Å²) in [5, 5.41) is 14.0. The van der Waals surface area contributed by atoms with Crippen LogP contribution in [-0.4, -0.2) is 37.7 Å². The number of nitrogens with zero attached hydrogens (tertiary/aromatic N) is 3. The zero-order valence-corrected chi connectivity index (χ0v) is 15.7. The zero-order valence-electron chi connectivity index (χ0n) is 15.7. The van der Waals surface area contributed by atoms with E-state index >= 15 is 0 Å². The molecule has 1 aliphatic heterocycles. The van der Waals surface area contributed by atoms with Gasteiger partial charge >= 0.3 is 5.97 Å². The van der Waals surface area contributed by atoms with Crippen LogP contribution >= 0.6 is 0 Å². The summed E-state index contributed by atoms with van der Waals surface area (Å²) in [6.45, 7) is 6.15. The van der Waals surface area contributed by atoms with Crippen LogP contribution in [-0.2, 0) is 36.0 Å². The van der Waals surface area contributed by atoms with Crippen LogP contribution in [0.1, 0.15) is 35.0 Å². The summed E-state index contributed by atoms with van der Waals surface area (Å²) < 4.78 is 1.82. The molecule has 6 heteroatoms. The molecule has 2 aromatic rings. The number of hydrogen-bond donors (Lipinski definition) is 1. The molecule has 0 bridgehead atoms. The molecule has 2 atom stereocenters. The molecule has 0 fully saturated rings. The van der Waals surface area contributed by atoms with Gasteiger partial charge in [-0.1, -0.05) is 31.2 Å². The van der Waals surface area contributed by atoms with Crippen molar-refractivity contribution in [1.82, 2.24) is 14.7 Å². The lowest BCUT2D eigenvalue weighted by molar-refractivity contribution is -0.153. The summed E-state index contributed by atoms with van der Waals surface area (Å²) in [5.74, 6) is -1.37. The van der Waals surface area contributed by atoms with E-state index in [2.05, 4.69) is 5.10 Å². The average Bonchev–Trinajstić information content (AvgIpc) is 2.85. The average molecular weight is 355 g/mol. The second-order valence-corrected chi connectivity index (χ2v) is 7.17. The third-order valence-electron chi connectivity index (χ3n) is 5.41. The number of carboxylic acids is 1. The van der Waals surface area contributed by atoms with E-state index < -0.39 is 12.0 Å². The highest BCUT2D eigenvalue weighted by atomic mass is 16.4. The molecule has 1 N–H and O–H groups in total. The van der Waals surface area contributed by atoms with Gasteiger partial charge in [-0.2, -0.15) is 5.10 Å². The lowest BCUT2D eigenvalue weighted by Crippen LogP contribution is -2.50. The number of rotatable bonds is 4. The van der Waals surface area contributed by atoms with Gasteiger partial charge in [0.25, 0.3) is 0 Å². The van der Waals surface area contributed by atoms with Gasteiger partial charge in [0.05, 0.1) is 5.69 Å². The van der Waals surface area contributed by atoms with Crippen LogP contribution in [0.2, 0.25) is 0 Å². The highest BCUT2D eigenvalue weighted by Gasteiger charge is 2.36. The number of amides is 1. The molecule has 1 amide bonds. The first-order valence-corrected chi connectivity index (χ1v) is 8.88. The van der Waals surface area contributed by atoms with Crippen molar-refractivity contribution in [2.75, 3.05) is 0 Å². The lowest BCUT2D eigenvalue weighted by Gasteiger charge is -2.36. The maximum atomic E-state index is 13.1. The maximum Gasteiger partial charge on any atom is 0.326 e. The van der Waals surface area contributed by atoms with Crippen molar-refractivity contribution in [2.45, 2.75) is 46.2 Å². The number of carbonyl (C=O) groups is 2. The molecule has 1 aliphatic rings. The Balaban J connectivity index is 1.84. The highest BCUT2D eigenvalue weighted by molar-refractivity contribution is 5.86. The quantitative estimate of drug-likeness (QED) is 0.913. The molecule has 138 valence electrons. The minimum Gasteiger partial charge on any atom is -0.480 e. The van der Waals surface area contributed by atoms with E-state index in [4.69, 9.17) is 0 Å². The van der Waals surface area contributed by atoms with Crippen LogP contribution in [0.5, 0.6) is 0 Å². The first-order chi connectivity index (χ1) is 12.3. The Labute approximate surface area is 153 Å². The molecular weight excluding hydrogens is 330 g/mol. The van der Waals surface area contributed by atoms with E-state index in [1.807, 2.05) is 56.8 Å². The minimum absolute atomic E-state index is 0.116.